The maximum Gasteiger partial charge on any atom is 0.193 e. The van der Waals surface area contributed by atoms with E-state index in [0.29, 0.717) is 29.4 Å². The van der Waals surface area contributed by atoms with Gasteiger partial charge in [-0.1, -0.05) is 12.1 Å². The van der Waals surface area contributed by atoms with Crippen LogP contribution in [0, 0.1) is 0 Å². The second-order valence-electron chi connectivity index (χ2n) is 4.82. The van der Waals surface area contributed by atoms with Gasteiger partial charge in [-0.05, 0) is 32.9 Å². The van der Waals surface area contributed by atoms with Crippen LogP contribution >= 0.6 is 8.58 Å². The maximum atomic E-state index is 12.8. The molecule has 0 bridgehead atoms. The van der Waals surface area contributed by atoms with Gasteiger partial charge in [-0.25, -0.2) is 0 Å². The fraction of sp³-hybridized carbons (Fsp3) is 0.278. The van der Waals surface area contributed by atoms with Crippen molar-refractivity contribution in [1.29, 1.82) is 0 Å². The van der Waals surface area contributed by atoms with Crippen molar-refractivity contribution in [3.8, 4) is 23.0 Å². The Hall–Kier alpha value is -1.66. The number of rotatable bonds is 8. The minimum atomic E-state index is -0.0597. The predicted molar refractivity (Wildman–Crippen MR) is 102 cm³/mol. The molecular weight excluding hydrogens is 334 g/mol. The molecule has 0 N–H and O–H groups in total. The van der Waals surface area contributed by atoms with Crippen LogP contribution in [0.5, 0.6) is 23.0 Å². The first kappa shape index (κ1) is 21.4. The molecule has 2 rings (SSSR count). The van der Waals surface area contributed by atoms with E-state index in [9.17, 15) is 4.79 Å². The molecule has 1 atom stereocenters. The summed E-state index contributed by atoms with van der Waals surface area (Å²) in [6.45, 7) is 2.54. The van der Waals surface area contributed by atoms with Crippen LogP contribution < -0.4 is 24.3 Å². The van der Waals surface area contributed by atoms with E-state index in [2.05, 4.69) is 0 Å². The summed E-state index contributed by atoms with van der Waals surface area (Å²) in [6, 6.07) is 10.9. The third-order valence-corrected chi connectivity index (χ3v) is 4.46. The zero-order chi connectivity index (χ0) is 17.5. The Morgan fingerprint density at radius 1 is 0.920 bits per heavy atom. The number of ether oxygens (including phenoxy) is 4. The molecule has 7 heteroatoms. The molecule has 1 radical (unpaired) electrons. The van der Waals surface area contributed by atoms with Crippen molar-refractivity contribution in [2.24, 2.45) is 0 Å². The summed E-state index contributed by atoms with van der Waals surface area (Å²) in [5.41, 5.74) is 0.364. The molecule has 0 fully saturated rings. The Kier molecular flexibility index (Phi) is 8.86. The molecule has 0 aliphatic rings. The van der Waals surface area contributed by atoms with Crippen molar-refractivity contribution in [3.05, 3.63) is 42.0 Å². The van der Waals surface area contributed by atoms with Gasteiger partial charge in [0.2, 0.25) is 0 Å². The number of hydrogen-bond donors (Lipinski definition) is 0. The van der Waals surface area contributed by atoms with Crippen molar-refractivity contribution >= 4 is 38.3 Å². The molecule has 0 aromatic heterocycles. The van der Waals surface area contributed by atoms with Gasteiger partial charge in [0.25, 0.3) is 0 Å². The second kappa shape index (κ2) is 10.4. The van der Waals surface area contributed by atoms with E-state index in [1.54, 1.807) is 19.2 Å². The van der Waals surface area contributed by atoms with Gasteiger partial charge >= 0.3 is 0 Å². The van der Waals surface area contributed by atoms with Crippen LogP contribution in [0.25, 0.3) is 0 Å². The van der Waals surface area contributed by atoms with E-state index in [4.69, 9.17) is 18.9 Å². The molecule has 0 heterocycles. The summed E-state index contributed by atoms with van der Waals surface area (Å²) in [7, 11) is 4.55. The first-order valence-corrected chi connectivity index (χ1v) is 8.47. The number of carbonyl (C=O) groups is 1. The van der Waals surface area contributed by atoms with E-state index < -0.39 is 0 Å². The number of carbonyl (C=O) groups excluding carboxylic acids is 1. The molecule has 129 valence electrons. The molecule has 0 amide bonds. The van der Waals surface area contributed by atoms with Crippen LogP contribution in [0.15, 0.2) is 36.4 Å². The van der Waals surface area contributed by atoms with Crippen molar-refractivity contribution in [2.45, 2.75) is 6.92 Å². The molecule has 0 saturated carbocycles. The quantitative estimate of drug-likeness (QED) is 0.538. The monoisotopic (exact) mass is 355 g/mol. The van der Waals surface area contributed by atoms with Gasteiger partial charge in [0.15, 0.2) is 5.52 Å². The predicted octanol–water partition coefficient (Wildman–Crippen LogP) is 2.87. The summed E-state index contributed by atoms with van der Waals surface area (Å²) in [6.07, 6.45) is 0. The first-order chi connectivity index (χ1) is 11.6. The Balaban J connectivity index is 0.00000312. The molecule has 25 heavy (non-hydrogen) atoms. The van der Waals surface area contributed by atoms with E-state index in [-0.39, 0.29) is 33.0 Å². The van der Waals surface area contributed by atoms with Gasteiger partial charge in [0.05, 0.1) is 27.9 Å². The molecule has 0 spiro atoms. The molecule has 0 aliphatic carbocycles. The third kappa shape index (κ3) is 5.41. The van der Waals surface area contributed by atoms with Crippen LogP contribution in [0.1, 0.15) is 17.3 Å². The van der Waals surface area contributed by atoms with Crippen LogP contribution in [0.4, 0.5) is 0 Å². The summed E-state index contributed by atoms with van der Waals surface area (Å²) in [5.74, 6) is 2.24. The van der Waals surface area contributed by atoms with Crippen LogP contribution in [-0.4, -0.2) is 52.3 Å². The summed E-state index contributed by atoms with van der Waals surface area (Å²) in [5, 5.41) is 0.920. The van der Waals surface area contributed by atoms with E-state index in [1.807, 2.05) is 31.2 Å². The fourth-order valence-electron chi connectivity index (χ4n) is 2.22. The minimum Gasteiger partial charge on any atom is -0.496 e. The topological polar surface area (TPSA) is 54.0 Å². The van der Waals surface area contributed by atoms with Crippen molar-refractivity contribution in [2.75, 3.05) is 27.9 Å². The minimum absolute atomic E-state index is 0. The second-order valence-corrected chi connectivity index (χ2v) is 6.10. The SMILES string of the molecule is CCOc1ccc(PC(=O)c2c(OC)cc(OC)cc2OC)cc1.[Li]. The van der Waals surface area contributed by atoms with E-state index >= 15 is 0 Å². The summed E-state index contributed by atoms with van der Waals surface area (Å²) in [4.78, 5) is 12.8. The summed E-state index contributed by atoms with van der Waals surface area (Å²) >= 11 is 0. The van der Waals surface area contributed by atoms with Crippen LogP contribution in [0.2, 0.25) is 0 Å². The average molecular weight is 355 g/mol. The van der Waals surface area contributed by atoms with E-state index in [0.717, 1.165) is 11.1 Å². The molecule has 5 nitrogen and oxygen atoms in total. The molecule has 2 aromatic rings. The number of hydrogen-bond acceptors (Lipinski definition) is 5. The fourth-order valence-corrected chi connectivity index (χ4v) is 3.19. The third-order valence-electron chi connectivity index (χ3n) is 3.37. The van der Waals surface area contributed by atoms with Gasteiger partial charge < -0.3 is 18.9 Å². The maximum absolute atomic E-state index is 12.8. The van der Waals surface area contributed by atoms with Gasteiger partial charge in [-0.15, -0.1) is 0 Å². The molecule has 0 aliphatic heterocycles. The smallest absolute Gasteiger partial charge is 0.193 e. The Morgan fingerprint density at radius 3 is 1.92 bits per heavy atom. The number of methoxy groups -OCH3 is 3. The van der Waals surface area contributed by atoms with Gasteiger partial charge in [-0.2, -0.15) is 0 Å². The van der Waals surface area contributed by atoms with Crippen molar-refractivity contribution < 1.29 is 23.7 Å². The van der Waals surface area contributed by atoms with Gasteiger partial charge in [-0.3, -0.25) is 4.79 Å². The molecule has 0 saturated heterocycles. The normalized spacial score (nSPS) is 10.2. The van der Waals surface area contributed by atoms with Crippen LogP contribution in [0.3, 0.4) is 0 Å². The zero-order valence-corrected chi connectivity index (χ0v) is 16.2. The molecule has 2 aromatic carbocycles. The Labute approximate surface area is 162 Å². The van der Waals surface area contributed by atoms with Gasteiger partial charge in [0.1, 0.15) is 28.6 Å². The van der Waals surface area contributed by atoms with Crippen LogP contribution in [-0.2, 0) is 0 Å². The largest absolute Gasteiger partial charge is 0.496 e. The zero-order valence-electron chi connectivity index (χ0n) is 15.2. The van der Waals surface area contributed by atoms with Gasteiger partial charge in [0, 0.05) is 31.0 Å². The van der Waals surface area contributed by atoms with Crippen molar-refractivity contribution in [1.82, 2.24) is 0 Å². The number of benzene rings is 2. The molecular formula is C18H21LiO5P. The Morgan fingerprint density at radius 2 is 1.48 bits per heavy atom. The standard InChI is InChI=1S/C18H21O5P.Li/c1-5-23-12-6-8-14(9-7-12)24-18(19)17-15(21-3)10-13(20-2)11-16(17)22-4;/h6-11,24H,5H2,1-4H3;. The van der Waals surface area contributed by atoms with Crippen molar-refractivity contribution in [3.63, 3.8) is 0 Å². The average Bonchev–Trinajstić information content (AvgIpc) is 2.62. The summed E-state index contributed by atoms with van der Waals surface area (Å²) < 4.78 is 21.3. The Bertz CT molecular complexity index is 678. The molecule has 1 unspecified atom stereocenters. The first-order valence-electron chi connectivity index (χ1n) is 7.47. The van der Waals surface area contributed by atoms with E-state index in [1.165, 1.54) is 14.2 Å².